The number of amides is 1. The van der Waals surface area contributed by atoms with Crippen LogP contribution in [0, 0.1) is 0 Å². The summed E-state index contributed by atoms with van der Waals surface area (Å²) in [6.45, 7) is 3.40. The molecule has 1 atom stereocenters. The van der Waals surface area contributed by atoms with Crippen molar-refractivity contribution in [2.45, 2.75) is 18.9 Å². The van der Waals surface area contributed by atoms with Crippen LogP contribution in [0.3, 0.4) is 0 Å². The molecule has 0 aromatic heterocycles. The molecule has 0 fully saturated rings. The molecule has 4 nitrogen and oxygen atoms in total. The first-order valence-corrected chi connectivity index (χ1v) is 5.87. The molecule has 0 unspecified atom stereocenters. The molecule has 1 aromatic carbocycles. The Morgan fingerprint density at radius 1 is 1.56 bits per heavy atom. The number of carbonyl (C=O) groups is 1. The predicted molar refractivity (Wildman–Crippen MR) is 70.4 cm³/mol. The number of hydrogen-bond acceptors (Lipinski definition) is 3. The molecule has 0 heterocycles. The minimum absolute atomic E-state index is 0.111. The fourth-order valence-corrected chi connectivity index (χ4v) is 1.68. The van der Waals surface area contributed by atoms with Crippen LogP contribution in [0.25, 0.3) is 0 Å². The molecule has 98 valence electrons. The van der Waals surface area contributed by atoms with Crippen LogP contribution in [-0.4, -0.2) is 24.7 Å². The van der Waals surface area contributed by atoms with E-state index in [9.17, 15) is 9.90 Å². The van der Waals surface area contributed by atoms with E-state index in [1.165, 1.54) is 0 Å². The molecular weight excluding hydrogens is 230 g/mol. The highest BCUT2D eigenvalue weighted by atomic mass is 16.5. The zero-order chi connectivity index (χ0) is 13.4. The van der Waals surface area contributed by atoms with Crippen LogP contribution in [0.2, 0.25) is 0 Å². The molecule has 0 saturated heterocycles. The second-order valence-corrected chi connectivity index (χ2v) is 3.87. The van der Waals surface area contributed by atoms with E-state index in [1.807, 2.05) is 18.2 Å². The van der Waals surface area contributed by atoms with Gasteiger partial charge in [0.1, 0.15) is 5.75 Å². The highest BCUT2D eigenvalue weighted by Crippen LogP contribution is 2.24. The third-order valence-corrected chi connectivity index (χ3v) is 2.61. The number of methoxy groups -OCH3 is 1. The predicted octanol–water partition coefficient (Wildman–Crippen LogP) is 1.81. The van der Waals surface area contributed by atoms with E-state index in [-0.39, 0.29) is 12.5 Å². The quantitative estimate of drug-likeness (QED) is 0.725. The molecule has 0 aliphatic rings. The van der Waals surface area contributed by atoms with Crippen LogP contribution < -0.4 is 10.1 Å². The summed E-state index contributed by atoms with van der Waals surface area (Å²) in [6.07, 6.45) is 2.68. The van der Waals surface area contributed by atoms with Crippen LogP contribution in [0.15, 0.2) is 36.9 Å². The molecule has 0 aliphatic carbocycles. The Morgan fingerprint density at radius 2 is 2.28 bits per heavy atom. The second kappa shape index (κ2) is 7.50. The van der Waals surface area contributed by atoms with Gasteiger partial charge in [-0.3, -0.25) is 4.79 Å². The summed E-state index contributed by atoms with van der Waals surface area (Å²) in [5.41, 5.74) is 0.773. The standard InChI is InChI=1S/C14H19NO3/c1-3-4-9-14(17)15-12(10-16)11-7-5-6-8-13(11)18-2/h3,5-8,12,16H,1,4,9-10H2,2H3,(H,15,17)/t12-/m0/s1. The molecule has 4 heteroatoms. The van der Waals surface area contributed by atoms with Crippen molar-refractivity contribution in [3.05, 3.63) is 42.5 Å². The zero-order valence-electron chi connectivity index (χ0n) is 10.6. The fourth-order valence-electron chi connectivity index (χ4n) is 1.68. The summed E-state index contributed by atoms with van der Waals surface area (Å²) in [5.74, 6) is 0.542. The maximum absolute atomic E-state index is 11.6. The maximum Gasteiger partial charge on any atom is 0.220 e. The lowest BCUT2D eigenvalue weighted by atomic mass is 10.1. The van der Waals surface area contributed by atoms with Gasteiger partial charge in [-0.1, -0.05) is 24.3 Å². The van der Waals surface area contributed by atoms with E-state index in [0.29, 0.717) is 18.6 Å². The minimum Gasteiger partial charge on any atom is -0.496 e. The third-order valence-electron chi connectivity index (χ3n) is 2.61. The lowest BCUT2D eigenvalue weighted by Crippen LogP contribution is -2.30. The average Bonchev–Trinajstić information content (AvgIpc) is 2.42. The molecule has 18 heavy (non-hydrogen) atoms. The van der Waals surface area contributed by atoms with Gasteiger partial charge in [-0.2, -0.15) is 0 Å². The van der Waals surface area contributed by atoms with Gasteiger partial charge in [0, 0.05) is 12.0 Å². The molecule has 0 saturated carbocycles. The number of rotatable bonds is 7. The minimum atomic E-state index is -0.446. The SMILES string of the molecule is C=CCCC(=O)N[C@@H](CO)c1ccccc1OC. The Balaban J connectivity index is 2.76. The van der Waals surface area contributed by atoms with Gasteiger partial charge in [0.15, 0.2) is 0 Å². The molecular formula is C14H19NO3. The number of hydrogen-bond donors (Lipinski definition) is 2. The molecule has 0 aliphatic heterocycles. The van der Waals surface area contributed by atoms with E-state index < -0.39 is 6.04 Å². The first-order chi connectivity index (χ1) is 8.72. The smallest absolute Gasteiger partial charge is 0.220 e. The summed E-state index contributed by atoms with van der Waals surface area (Å²) >= 11 is 0. The summed E-state index contributed by atoms with van der Waals surface area (Å²) in [6, 6.07) is 6.87. The first kappa shape index (κ1) is 14.3. The number of carbonyl (C=O) groups excluding carboxylic acids is 1. The Hall–Kier alpha value is -1.81. The van der Waals surface area contributed by atoms with Gasteiger partial charge in [-0.15, -0.1) is 6.58 Å². The number of aliphatic hydroxyl groups excluding tert-OH is 1. The van der Waals surface area contributed by atoms with E-state index in [2.05, 4.69) is 11.9 Å². The molecule has 2 N–H and O–H groups in total. The number of ether oxygens (including phenoxy) is 1. The molecule has 1 amide bonds. The van der Waals surface area contributed by atoms with Crippen molar-refractivity contribution < 1.29 is 14.6 Å². The molecule has 0 bridgehead atoms. The van der Waals surface area contributed by atoms with E-state index in [0.717, 1.165) is 5.56 Å². The summed E-state index contributed by atoms with van der Waals surface area (Å²) in [7, 11) is 1.56. The number of aliphatic hydroxyl groups is 1. The van der Waals surface area contributed by atoms with E-state index in [1.54, 1.807) is 19.3 Å². The number of nitrogens with one attached hydrogen (secondary N) is 1. The monoisotopic (exact) mass is 249 g/mol. The Bertz CT molecular complexity index is 404. The van der Waals surface area contributed by atoms with E-state index in [4.69, 9.17) is 4.74 Å². The Morgan fingerprint density at radius 3 is 2.89 bits per heavy atom. The van der Waals surface area contributed by atoms with Crippen molar-refractivity contribution >= 4 is 5.91 Å². The van der Waals surface area contributed by atoms with Gasteiger partial charge in [-0.25, -0.2) is 0 Å². The molecule has 0 radical (unpaired) electrons. The van der Waals surface area contributed by atoms with Gasteiger partial charge in [0.05, 0.1) is 19.8 Å². The van der Waals surface area contributed by atoms with Gasteiger partial charge in [-0.05, 0) is 12.5 Å². The molecule has 0 spiro atoms. The zero-order valence-corrected chi connectivity index (χ0v) is 10.6. The van der Waals surface area contributed by atoms with Crippen LogP contribution in [0.1, 0.15) is 24.4 Å². The molecule has 1 aromatic rings. The maximum atomic E-state index is 11.6. The summed E-state index contributed by atoms with van der Waals surface area (Å²) in [4.78, 5) is 11.6. The van der Waals surface area contributed by atoms with Crippen molar-refractivity contribution in [2.24, 2.45) is 0 Å². The van der Waals surface area contributed by atoms with Gasteiger partial charge >= 0.3 is 0 Å². The highest BCUT2D eigenvalue weighted by Gasteiger charge is 2.16. The summed E-state index contributed by atoms with van der Waals surface area (Å²) < 4.78 is 5.21. The Kier molecular flexibility index (Phi) is 5.94. The fraction of sp³-hybridized carbons (Fsp3) is 0.357. The van der Waals surface area contributed by atoms with Crippen molar-refractivity contribution in [3.8, 4) is 5.75 Å². The Labute approximate surface area is 107 Å². The van der Waals surface area contributed by atoms with E-state index >= 15 is 0 Å². The van der Waals surface area contributed by atoms with Gasteiger partial charge < -0.3 is 15.2 Å². The van der Waals surface area contributed by atoms with Crippen molar-refractivity contribution in [3.63, 3.8) is 0 Å². The van der Waals surface area contributed by atoms with Gasteiger partial charge in [0.25, 0.3) is 0 Å². The van der Waals surface area contributed by atoms with Crippen molar-refractivity contribution in [2.75, 3.05) is 13.7 Å². The first-order valence-electron chi connectivity index (χ1n) is 5.87. The lowest BCUT2D eigenvalue weighted by Gasteiger charge is -2.19. The largest absolute Gasteiger partial charge is 0.496 e. The molecule has 1 rings (SSSR count). The van der Waals surface area contributed by atoms with Crippen molar-refractivity contribution in [1.29, 1.82) is 0 Å². The van der Waals surface area contributed by atoms with Crippen LogP contribution in [0.4, 0.5) is 0 Å². The number of allylic oxidation sites excluding steroid dienone is 1. The topological polar surface area (TPSA) is 58.6 Å². The number of para-hydroxylation sites is 1. The summed E-state index contributed by atoms with van der Waals surface area (Å²) in [5, 5.41) is 12.2. The normalized spacial score (nSPS) is 11.7. The third kappa shape index (κ3) is 3.89. The second-order valence-electron chi connectivity index (χ2n) is 3.87. The van der Waals surface area contributed by atoms with Crippen LogP contribution in [-0.2, 0) is 4.79 Å². The van der Waals surface area contributed by atoms with Crippen molar-refractivity contribution in [1.82, 2.24) is 5.32 Å². The lowest BCUT2D eigenvalue weighted by molar-refractivity contribution is -0.122. The van der Waals surface area contributed by atoms with Gasteiger partial charge in [0.2, 0.25) is 5.91 Å². The number of benzene rings is 1. The van der Waals surface area contributed by atoms with Crippen LogP contribution >= 0.6 is 0 Å². The average molecular weight is 249 g/mol. The van der Waals surface area contributed by atoms with Crippen LogP contribution in [0.5, 0.6) is 5.75 Å². The highest BCUT2D eigenvalue weighted by molar-refractivity contribution is 5.76.